The minimum Gasteiger partial charge on any atom is -0.304 e. The molecule has 1 unspecified atom stereocenters. The van der Waals surface area contributed by atoms with Crippen molar-refractivity contribution in [2.45, 2.75) is 29.5 Å². The van der Waals surface area contributed by atoms with E-state index < -0.39 is 22.0 Å². The summed E-state index contributed by atoms with van der Waals surface area (Å²) >= 11 is 1.66. The van der Waals surface area contributed by atoms with Crippen LogP contribution >= 0.6 is 11.8 Å². The van der Waals surface area contributed by atoms with Crippen molar-refractivity contribution in [3.63, 3.8) is 0 Å². The number of hydrogen-bond acceptors (Lipinski definition) is 5. The maximum atomic E-state index is 12.2. The third kappa shape index (κ3) is 3.34. The molecule has 7 heteroatoms. The first-order valence-electron chi connectivity index (χ1n) is 6.32. The van der Waals surface area contributed by atoms with Crippen LogP contribution < -0.4 is 10.0 Å². The average Bonchev–Trinajstić information content (AvgIpc) is 2.38. The zero-order valence-corrected chi connectivity index (χ0v) is 13.1. The van der Waals surface area contributed by atoms with E-state index in [-0.39, 0.29) is 9.64 Å². The summed E-state index contributed by atoms with van der Waals surface area (Å²) < 4.78 is 26.1. The van der Waals surface area contributed by atoms with Crippen molar-refractivity contribution < 1.29 is 13.2 Å². The van der Waals surface area contributed by atoms with Crippen molar-refractivity contribution in [1.82, 2.24) is 10.0 Å². The maximum absolute atomic E-state index is 12.2. The smallest absolute Gasteiger partial charge is 0.264 e. The summed E-state index contributed by atoms with van der Waals surface area (Å²) in [6, 6.07) is 7.37. The van der Waals surface area contributed by atoms with Crippen LogP contribution in [-0.2, 0) is 14.8 Å². The minimum absolute atomic E-state index is 0.0922. The lowest BCUT2D eigenvalue weighted by atomic mass is 10.0. The number of rotatable bonds is 3. The fourth-order valence-electron chi connectivity index (χ4n) is 2.10. The van der Waals surface area contributed by atoms with E-state index in [4.69, 9.17) is 0 Å². The van der Waals surface area contributed by atoms with Crippen molar-refractivity contribution in [1.29, 1.82) is 0 Å². The number of amides is 1. The van der Waals surface area contributed by atoms with E-state index in [1.165, 1.54) is 12.1 Å². The Morgan fingerprint density at radius 1 is 1.35 bits per heavy atom. The van der Waals surface area contributed by atoms with E-state index in [9.17, 15) is 13.2 Å². The van der Waals surface area contributed by atoms with Crippen LogP contribution in [-0.4, -0.2) is 37.4 Å². The molecular formula is C13H18N2O3S2. The second-order valence-electron chi connectivity index (χ2n) is 5.12. The summed E-state index contributed by atoms with van der Waals surface area (Å²) in [4.78, 5) is 12.3. The molecule has 1 heterocycles. The van der Waals surface area contributed by atoms with Gasteiger partial charge in [-0.15, -0.1) is 0 Å². The molecule has 1 aliphatic rings. The van der Waals surface area contributed by atoms with E-state index in [0.717, 1.165) is 5.75 Å². The van der Waals surface area contributed by atoms with Gasteiger partial charge in [-0.25, -0.2) is 13.1 Å². The van der Waals surface area contributed by atoms with Crippen LogP contribution in [0.15, 0.2) is 35.2 Å². The third-order valence-electron chi connectivity index (χ3n) is 3.17. The van der Waals surface area contributed by atoms with Crippen LogP contribution in [0.2, 0.25) is 0 Å². The molecule has 0 aliphatic carbocycles. The van der Waals surface area contributed by atoms with E-state index in [0.29, 0.717) is 6.54 Å². The van der Waals surface area contributed by atoms with E-state index >= 15 is 0 Å². The Labute approximate surface area is 123 Å². The highest BCUT2D eigenvalue weighted by molar-refractivity contribution is 8.00. The van der Waals surface area contributed by atoms with Crippen molar-refractivity contribution in [3.05, 3.63) is 30.3 Å². The summed E-state index contributed by atoms with van der Waals surface area (Å²) in [7, 11) is -3.81. The number of nitrogens with one attached hydrogen (secondary N) is 2. The molecule has 2 rings (SSSR count). The molecule has 0 radical (unpaired) electrons. The average molecular weight is 314 g/mol. The monoisotopic (exact) mass is 314 g/mol. The van der Waals surface area contributed by atoms with E-state index in [2.05, 4.69) is 10.0 Å². The van der Waals surface area contributed by atoms with Gasteiger partial charge in [0.15, 0.2) is 0 Å². The van der Waals surface area contributed by atoms with Crippen LogP contribution in [0.5, 0.6) is 0 Å². The predicted octanol–water partition coefficient (Wildman–Crippen LogP) is 0.975. The Kier molecular flexibility index (Phi) is 4.41. The zero-order valence-electron chi connectivity index (χ0n) is 11.4. The Hall–Kier alpha value is -1.05. The maximum Gasteiger partial charge on any atom is 0.264 e. The molecular weight excluding hydrogens is 296 g/mol. The number of thioether (sulfide) groups is 1. The largest absolute Gasteiger partial charge is 0.304 e. The normalized spacial score (nSPS) is 22.2. The van der Waals surface area contributed by atoms with Crippen molar-refractivity contribution in [2.24, 2.45) is 0 Å². The van der Waals surface area contributed by atoms with Gasteiger partial charge < -0.3 is 5.32 Å². The third-order valence-corrected chi connectivity index (χ3v) is 5.92. The summed E-state index contributed by atoms with van der Waals surface area (Å²) in [6.07, 6.45) is 0. The molecule has 20 heavy (non-hydrogen) atoms. The molecule has 1 amide bonds. The van der Waals surface area contributed by atoms with Crippen molar-refractivity contribution >= 4 is 27.7 Å². The highest BCUT2D eigenvalue weighted by Gasteiger charge is 2.39. The van der Waals surface area contributed by atoms with Crippen LogP contribution in [0, 0.1) is 0 Å². The fraction of sp³-hybridized carbons (Fsp3) is 0.462. The first-order valence-corrected chi connectivity index (χ1v) is 8.79. The lowest BCUT2D eigenvalue weighted by molar-refractivity contribution is -0.122. The van der Waals surface area contributed by atoms with Gasteiger partial charge >= 0.3 is 0 Å². The number of carbonyl (C=O) groups excluding carboxylic acids is 1. The quantitative estimate of drug-likeness (QED) is 0.870. The topological polar surface area (TPSA) is 75.3 Å². The van der Waals surface area contributed by atoms with Gasteiger partial charge in [0.2, 0.25) is 0 Å². The highest BCUT2D eigenvalue weighted by Crippen LogP contribution is 2.31. The SMILES string of the molecule is CC1(C)SCCNC1C(=O)NS(=O)(=O)c1ccccc1. The standard InChI is InChI=1S/C13H18N2O3S2/c1-13(2)11(14-8-9-19-13)12(16)15-20(17,18)10-6-4-3-5-7-10/h3-7,11,14H,8-9H2,1-2H3,(H,15,16). The first kappa shape index (κ1) is 15.3. The number of carbonyl (C=O) groups is 1. The Morgan fingerprint density at radius 2 is 2.00 bits per heavy atom. The van der Waals surface area contributed by atoms with Crippen LogP contribution in [0.25, 0.3) is 0 Å². The molecule has 1 atom stereocenters. The molecule has 1 saturated heterocycles. The van der Waals surface area contributed by atoms with Crippen molar-refractivity contribution in [3.8, 4) is 0 Å². The molecule has 0 spiro atoms. The van der Waals surface area contributed by atoms with Crippen LogP contribution in [0.3, 0.4) is 0 Å². The second kappa shape index (κ2) is 5.75. The van der Waals surface area contributed by atoms with Gasteiger partial charge in [0, 0.05) is 17.0 Å². The molecule has 1 fully saturated rings. The molecule has 110 valence electrons. The van der Waals surface area contributed by atoms with E-state index in [1.807, 2.05) is 13.8 Å². The summed E-state index contributed by atoms with van der Waals surface area (Å²) in [5.74, 6) is 0.397. The Morgan fingerprint density at radius 3 is 2.60 bits per heavy atom. The van der Waals surface area contributed by atoms with Gasteiger partial charge in [0.1, 0.15) is 6.04 Å². The summed E-state index contributed by atoms with van der Waals surface area (Å²) in [6.45, 7) is 4.56. The molecule has 0 bridgehead atoms. The van der Waals surface area contributed by atoms with Gasteiger partial charge in [-0.05, 0) is 26.0 Å². The Balaban J connectivity index is 2.15. The van der Waals surface area contributed by atoms with Gasteiger partial charge in [0.25, 0.3) is 15.9 Å². The van der Waals surface area contributed by atoms with Crippen LogP contribution in [0.1, 0.15) is 13.8 Å². The molecule has 5 nitrogen and oxygen atoms in total. The lowest BCUT2D eigenvalue weighted by Gasteiger charge is -2.37. The van der Waals surface area contributed by atoms with Gasteiger partial charge in [0.05, 0.1) is 4.90 Å². The summed E-state index contributed by atoms with van der Waals surface area (Å²) in [5, 5.41) is 3.09. The molecule has 0 aromatic heterocycles. The molecule has 1 aromatic carbocycles. The van der Waals surface area contributed by atoms with Crippen LogP contribution in [0.4, 0.5) is 0 Å². The molecule has 0 saturated carbocycles. The summed E-state index contributed by atoms with van der Waals surface area (Å²) in [5.41, 5.74) is 0. The molecule has 1 aromatic rings. The predicted molar refractivity (Wildman–Crippen MR) is 80.1 cm³/mol. The Bertz CT molecular complexity index is 585. The first-order chi connectivity index (χ1) is 9.33. The number of sulfonamides is 1. The second-order valence-corrected chi connectivity index (χ2v) is 8.55. The van der Waals surface area contributed by atoms with Gasteiger partial charge in [-0.1, -0.05) is 18.2 Å². The van der Waals surface area contributed by atoms with Crippen molar-refractivity contribution in [2.75, 3.05) is 12.3 Å². The minimum atomic E-state index is -3.81. The fourth-order valence-corrected chi connectivity index (χ4v) is 4.22. The lowest BCUT2D eigenvalue weighted by Crippen LogP contribution is -2.58. The molecule has 1 aliphatic heterocycles. The van der Waals surface area contributed by atoms with E-state index in [1.54, 1.807) is 30.0 Å². The number of benzene rings is 1. The van der Waals surface area contributed by atoms with Gasteiger partial charge in [-0.3, -0.25) is 4.79 Å². The van der Waals surface area contributed by atoms with Gasteiger partial charge in [-0.2, -0.15) is 11.8 Å². The zero-order chi connectivity index (χ0) is 14.8. The number of hydrogen-bond donors (Lipinski definition) is 2. The molecule has 2 N–H and O–H groups in total. The highest BCUT2D eigenvalue weighted by atomic mass is 32.2.